The highest BCUT2D eigenvalue weighted by molar-refractivity contribution is 7.99. The van der Waals surface area contributed by atoms with Crippen molar-refractivity contribution in [2.24, 2.45) is 0 Å². The van der Waals surface area contributed by atoms with E-state index < -0.39 is 0 Å². The zero-order valence-electron chi connectivity index (χ0n) is 15.2. The standard InChI is InChI=1S/C20H25N3O2S/c1-15-17(13-16-9-5-4-6-10-16)19(25)22-20(21-15)26-14-18(24)23-11-7-2-3-8-12-23/h4-6,9-10H,2-3,7-8,11-14H2,1H3,(H,21,22,25). The number of carbonyl (C=O) groups is 1. The van der Waals surface area contributed by atoms with Gasteiger partial charge in [0.2, 0.25) is 5.91 Å². The molecular formula is C20H25N3O2S. The van der Waals surface area contributed by atoms with E-state index in [9.17, 15) is 9.59 Å². The molecule has 1 aromatic carbocycles. The number of hydrogen-bond donors (Lipinski definition) is 1. The maximum Gasteiger partial charge on any atom is 0.255 e. The van der Waals surface area contributed by atoms with Crippen molar-refractivity contribution in [1.82, 2.24) is 14.9 Å². The van der Waals surface area contributed by atoms with E-state index in [0.29, 0.717) is 22.9 Å². The number of aromatic nitrogens is 2. The number of nitrogens with zero attached hydrogens (tertiary/aromatic N) is 2. The van der Waals surface area contributed by atoms with Crippen molar-refractivity contribution in [1.29, 1.82) is 0 Å². The molecule has 3 rings (SSSR count). The fraction of sp³-hybridized carbons (Fsp3) is 0.450. The van der Waals surface area contributed by atoms with E-state index in [1.807, 2.05) is 42.2 Å². The normalized spacial score (nSPS) is 14.9. The molecule has 2 heterocycles. The Balaban J connectivity index is 1.64. The SMILES string of the molecule is Cc1nc(SCC(=O)N2CCCCCC2)[nH]c(=O)c1Cc1ccccc1. The minimum atomic E-state index is -0.119. The third kappa shape index (κ3) is 4.97. The van der Waals surface area contributed by atoms with Crippen LogP contribution in [-0.2, 0) is 11.2 Å². The summed E-state index contributed by atoms with van der Waals surface area (Å²) < 4.78 is 0. The van der Waals surface area contributed by atoms with Crippen LogP contribution in [0.15, 0.2) is 40.3 Å². The summed E-state index contributed by atoms with van der Waals surface area (Å²) in [6, 6.07) is 9.89. The smallest absolute Gasteiger partial charge is 0.255 e. The van der Waals surface area contributed by atoms with Crippen LogP contribution in [0.5, 0.6) is 0 Å². The van der Waals surface area contributed by atoms with E-state index in [0.717, 1.165) is 37.2 Å². The number of likely N-dealkylation sites (tertiary alicyclic amines) is 1. The molecule has 6 heteroatoms. The lowest BCUT2D eigenvalue weighted by Gasteiger charge is -2.19. The maximum absolute atomic E-state index is 12.5. The van der Waals surface area contributed by atoms with Gasteiger partial charge in [0.1, 0.15) is 0 Å². The summed E-state index contributed by atoms with van der Waals surface area (Å²) in [6.07, 6.45) is 5.13. The van der Waals surface area contributed by atoms with Gasteiger partial charge in [0.05, 0.1) is 5.75 Å². The summed E-state index contributed by atoms with van der Waals surface area (Å²) in [6.45, 7) is 3.55. The molecule has 0 radical (unpaired) electrons. The lowest BCUT2D eigenvalue weighted by Crippen LogP contribution is -2.33. The van der Waals surface area contributed by atoms with Crippen molar-refractivity contribution in [2.45, 2.75) is 44.2 Å². The van der Waals surface area contributed by atoms with Gasteiger partial charge in [-0.15, -0.1) is 0 Å². The second kappa shape index (κ2) is 9.03. The van der Waals surface area contributed by atoms with Crippen LogP contribution in [0.25, 0.3) is 0 Å². The number of thioether (sulfide) groups is 1. The Bertz CT molecular complexity index is 796. The average molecular weight is 372 g/mol. The number of H-pyrrole nitrogens is 1. The largest absolute Gasteiger partial charge is 0.342 e. The molecule has 2 aromatic rings. The molecule has 26 heavy (non-hydrogen) atoms. The van der Waals surface area contributed by atoms with Crippen LogP contribution >= 0.6 is 11.8 Å². The van der Waals surface area contributed by atoms with Crippen molar-refractivity contribution < 1.29 is 4.79 Å². The molecule has 0 spiro atoms. The molecule has 0 atom stereocenters. The second-order valence-electron chi connectivity index (χ2n) is 6.68. The van der Waals surface area contributed by atoms with Gasteiger partial charge in [0.15, 0.2) is 5.16 Å². The summed E-state index contributed by atoms with van der Waals surface area (Å²) in [5, 5.41) is 0.521. The van der Waals surface area contributed by atoms with Gasteiger partial charge in [0.25, 0.3) is 5.56 Å². The molecular weight excluding hydrogens is 346 g/mol. The minimum Gasteiger partial charge on any atom is -0.342 e. The Hall–Kier alpha value is -2.08. The number of carbonyl (C=O) groups excluding carboxylic acids is 1. The monoisotopic (exact) mass is 371 g/mol. The zero-order chi connectivity index (χ0) is 18.4. The van der Waals surface area contributed by atoms with E-state index in [1.54, 1.807) is 0 Å². The average Bonchev–Trinajstić information content (AvgIpc) is 2.93. The van der Waals surface area contributed by atoms with E-state index in [2.05, 4.69) is 9.97 Å². The van der Waals surface area contributed by atoms with E-state index in [4.69, 9.17) is 0 Å². The predicted molar refractivity (Wildman–Crippen MR) is 105 cm³/mol. The van der Waals surface area contributed by atoms with E-state index in [1.165, 1.54) is 24.6 Å². The lowest BCUT2D eigenvalue weighted by atomic mass is 10.1. The number of nitrogens with one attached hydrogen (secondary N) is 1. The Morgan fingerprint density at radius 1 is 1.15 bits per heavy atom. The van der Waals surface area contributed by atoms with Crippen molar-refractivity contribution in [3.8, 4) is 0 Å². The molecule has 1 aromatic heterocycles. The highest BCUT2D eigenvalue weighted by Gasteiger charge is 2.17. The molecule has 1 saturated heterocycles. The fourth-order valence-corrected chi connectivity index (χ4v) is 4.01. The first-order valence-corrected chi connectivity index (χ1v) is 10.2. The third-order valence-corrected chi connectivity index (χ3v) is 5.57. The van der Waals surface area contributed by atoms with Crippen LogP contribution in [0.2, 0.25) is 0 Å². The molecule has 1 aliphatic rings. The molecule has 0 bridgehead atoms. The zero-order valence-corrected chi connectivity index (χ0v) is 16.0. The molecule has 1 aliphatic heterocycles. The molecule has 138 valence electrons. The predicted octanol–water partition coefficient (Wildman–Crippen LogP) is 3.16. The number of hydrogen-bond acceptors (Lipinski definition) is 4. The highest BCUT2D eigenvalue weighted by Crippen LogP contribution is 2.17. The van der Waals surface area contributed by atoms with Gasteiger partial charge < -0.3 is 9.88 Å². The number of aromatic amines is 1. The fourth-order valence-electron chi connectivity index (χ4n) is 3.20. The Morgan fingerprint density at radius 3 is 2.50 bits per heavy atom. The van der Waals surface area contributed by atoms with Crippen LogP contribution in [-0.4, -0.2) is 39.6 Å². The lowest BCUT2D eigenvalue weighted by molar-refractivity contribution is -0.128. The molecule has 1 fully saturated rings. The molecule has 1 N–H and O–H groups in total. The topological polar surface area (TPSA) is 66.1 Å². The Kier molecular flexibility index (Phi) is 6.50. The van der Waals surface area contributed by atoms with Gasteiger partial charge >= 0.3 is 0 Å². The van der Waals surface area contributed by atoms with Crippen molar-refractivity contribution in [3.63, 3.8) is 0 Å². The number of rotatable bonds is 5. The summed E-state index contributed by atoms with van der Waals surface area (Å²) in [5.74, 6) is 0.450. The van der Waals surface area contributed by atoms with Gasteiger partial charge in [-0.25, -0.2) is 4.98 Å². The van der Waals surface area contributed by atoms with E-state index >= 15 is 0 Å². The summed E-state index contributed by atoms with van der Waals surface area (Å²) in [4.78, 5) is 34.1. The van der Waals surface area contributed by atoms with Gasteiger partial charge in [-0.2, -0.15) is 0 Å². The maximum atomic E-state index is 12.5. The van der Waals surface area contributed by atoms with Gasteiger partial charge in [0, 0.05) is 30.8 Å². The summed E-state index contributed by atoms with van der Waals surface area (Å²) in [7, 11) is 0. The Morgan fingerprint density at radius 2 is 1.85 bits per heavy atom. The van der Waals surface area contributed by atoms with Crippen LogP contribution in [0.3, 0.4) is 0 Å². The molecule has 0 aliphatic carbocycles. The van der Waals surface area contributed by atoms with Crippen LogP contribution in [0.4, 0.5) is 0 Å². The highest BCUT2D eigenvalue weighted by atomic mass is 32.2. The van der Waals surface area contributed by atoms with Gasteiger partial charge in [-0.3, -0.25) is 9.59 Å². The third-order valence-electron chi connectivity index (χ3n) is 4.72. The van der Waals surface area contributed by atoms with Crippen molar-refractivity contribution in [2.75, 3.05) is 18.8 Å². The van der Waals surface area contributed by atoms with Crippen molar-refractivity contribution in [3.05, 3.63) is 57.5 Å². The molecule has 5 nitrogen and oxygen atoms in total. The van der Waals surface area contributed by atoms with E-state index in [-0.39, 0.29) is 11.5 Å². The van der Waals surface area contributed by atoms with Crippen LogP contribution in [0, 0.1) is 6.92 Å². The molecule has 0 unspecified atom stereocenters. The second-order valence-corrected chi connectivity index (χ2v) is 7.65. The quantitative estimate of drug-likeness (QED) is 0.648. The molecule has 0 saturated carbocycles. The number of amides is 1. The first-order valence-electron chi connectivity index (χ1n) is 9.18. The first-order chi connectivity index (χ1) is 12.6. The summed E-state index contributed by atoms with van der Waals surface area (Å²) >= 11 is 1.31. The van der Waals surface area contributed by atoms with Crippen molar-refractivity contribution >= 4 is 17.7 Å². The first kappa shape index (κ1) is 18.7. The van der Waals surface area contributed by atoms with Gasteiger partial charge in [-0.05, 0) is 25.3 Å². The van der Waals surface area contributed by atoms with Crippen LogP contribution in [0.1, 0.15) is 42.5 Å². The number of aryl methyl sites for hydroxylation is 1. The summed E-state index contributed by atoms with van der Waals surface area (Å²) in [5.41, 5.74) is 2.37. The Labute approximate surface area is 158 Å². The minimum absolute atomic E-state index is 0.119. The van der Waals surface area contributed by atoms with Crippen LogP contribution < -0.4 is 5.56 Å². The molecule has 1 amide bonds. The van der Waals surface area contributed by atoms with Gasteiger partial charge in [-0.1, -0.05) is 54.9 Å². The number of benzene rings is 1.